The van der Waals surface area contributed by atoms with Crippen LogP contribution in [0.5, 0.6) is 0 Å². The van der Waals surface area contributed by atoms with Gasteiger partial charge in [-0.15, -0.1) is 0 Å². The van der Waals surface area contributed by atoms with Gasteiger partial charge in [-0.2, -0.15) is 8.78 Å². The van der Waals surface area contributed by atoms with Crippen LogP contribution in [-0.2, 0) is 4.74 Å². The van der Waals surface area contributed by atoms with Gasteiger partial charge in [0.25, 0.3) is 0 Å². The highest BCUT2D eigenvalue weighted by Gasteiger charge is 2.46. The zero-order chi connectivity index (χ0) is 21.3. The van der Waals surface area contributed by atoms with Crippen LogP contribution in [0.1, 0.15) is 83.5 Å². The molecule has 3 fully saturated rings. The summed E-state index contributed by atoms with van der Waals surface area (Å²) in [6.45, 7) is 0. The SMILES string of the molecule is FC1=CC(OC(F)(F)C2CCC(C3CCC(C4CCCC4)CC3)CC2)CC(F)=C1F. The quantitative estimate of drug-likeness (QED) is 0.398. The van der Waals surface area contributed by atoms with E-state index in [-0.39, 0.29) is 0 Å². The Morgan fingerprint density at radius 3 is 1.67 bits per heavy atom. The minimum atomic E-state index is -3.46. The first-order valence-electron chi connectivity index (χ1n) is 11.8. The lowest BCUT2D eigenvalue weighted by molar-refractivity contribution is -0.291. The average molecular weight is 433 g/mol. The van der Waals surface area contributed by atoms with Crippen molar-refractivity contribution in [2.45, 2.75) is 95.7 Å². The molecule has 1 atom stereocenters. The zero-order valence-electron chi connectivity index (χ0n) is 17.5. The molecule has 6 heteroatoms. The predicted molar refractivity (Wildman–Crippen MR) is 106 cm³/mol. The van der Waals surface area contributed by atoms with Gasteiger partial charge in [0, 0.05) is 6.42 Å². The second kappa shape index (κ2) is 9.30. The number of halogens is 5. The van der Waals surface area contributed by atoms with E-state index < -0.39 is 42.0 Å². The van der Waals surface area contributed by atoms with Gasteiger partial charge in [0.15, 0.2) is 11.7 Å². The molecule has 0 saturated heterocycles. The van der Waals surface area contributed by atoms with Crippen molar-refractivity contribution >= 4 is 0 Å². The summed E-state index contributed by atoms with van der Waals surface area (Å²) in [6, 6.07) is 0. The van der Waals surface area contributed by atoms with Crippen LogP contribution in [0.15, 0.2) is 23.6 Å². The number of ether oxygens (including phenoxy) is 1. The molecular weight excluding hydrogens is 399 g/mol. The minimum Gasteiger partial charge on any atom is -0.312 e. The summed E-state index contributed by atoms with van der Waals surface area (Å²) < 4.78 is 73.8. The molecule has 0 N–H and O–H groups in total. The molecule has 0 bridgehead atoms. The maximum Gasteiger partial charge on any atom is 0.359 e. The molecular formula is C24H33F5O. The van der Waals surface area contributed by atoms with Gasteiger partial charge >= 0.3 is 6.11 Å². The molecule has 4 aliphatic carbocycles. The van der Waals surface area contributed by atoms with E-state index in [2.05, 4.69) is 0 Å². The third-order valence-corrected chi connectivity index (χ3v) is 8.27. The number of rotatable bonds is 5. The van der Waals surface area contributed by atoms with Crippen LogP contribution in [0.2, 0.25) is 0 Å². The smallest absolute Gasteiger partial charge is 0.312 e. The van der Waals surface area contributed by atoms with Gasteiger partial charge < -0.3 is 4.74 Å². The van der Waals surface area contributed by atoms with Gasteiger partial charge in [-0.3, -0.25) is 0 Å². The summed E-state index contributed by atoms with van der Waals surface area (Å²) in [5.74, 6) is -2.44. The zero-order valence-corrected chi connectivity index (χ0v) is 17.5. The van der Waals surface area contributed by atoms with Crippen molar-refractivity contribution in [3.05, 3.63) is 23.6 Å². The Balaban J connectivity index is 1.24. The van der Waals surface area contributed by atoms with Crippen LogP contribution in [0.25, 0.3) is 0 Å². The second-order valence-corrected chi connectivity index (χ2v) is 9.99. The fourth-order valence-electron chi connectivity index (χ4n) is 6.51. The summed E-state index contributed by atoms with van der Waals surface area (Å²) in [5.41, 5.74) is 0. The lowest BCUT2D eigenvalue weighted by atomic mass is 9.67. The maximum absolute atomic E-state index is 14.6. The highest BCUT2D eigenvalue weighted by Crippen LogP contribution is 2.48. The molecule has 0 amide bonds. The number of hydrogen-bond donors (Lipinski definition) is 0. The van der Waals surface area contributed by atoms with Gasteiger partial charge in [-0.05, 0) is 81.1 Å². The van der Waals surface area contributed by atoms with Crippen molar-refractivity contribution in [1.82, 2.24) is 0 Å². The van der Waals surface area contributed by atoms with Crippen molar-refractivity contribution in [3.63, 3.8) is 0 Å². The molecule has 4 rings (SSSR count). The first-order chi connectivity index (χ1) is 14.3. The standard InChI is InChI=1S/C24H33F5O/c25-21-13-20(14-22(26)23(21)27)30-24(28,29)19-11-9-18(10-12-19)17-7-5-16(6-8-17)15-3-1-2-4-15/h13,15-20H,1-12,14H2. The van der Waals surface area contributed by atoms with E-state index in [1.54, 1.807) is 0 Å². The van der Waals surface area contributed by atoms with E-state index in [1.807, 2.05) is 0 Å². The molecule has 3 saturated carbocycles. The first-order valence-corrected chi connectivity index (χ1v) is 11.8. The molecule has 1 unspecified atom stereocenters. The topological polar surface area (TPSA) is 9.23 Å². The Morgan fingerprint density at radius 2 is 1.17 bits per heavy atom. The Hall–Kier alpha value is -0.910. The van der Waals surface area contributed by atoms with Gasteiger partial charge in [0.2, 0.25) is 0 Å². The Labute approximate surface area is 176 Å². The maximum atomic E-state index is 14.6. The largest absolute Gasteiger partial charge is 0.359 e. The summed E-state index contributed by atoms with van der Waals surface area (Å²) in [4.78, 5) is 0. The summed E-state index contributed by atoms with van der Waals surface area (Å²) in [6.07, 6.45) is 7.85. The second-order valence-electron chi connectivity index (χ2n) is 9.99. The van der Waals surface area contributed by atoms with Crippen molar-refractivity contribution in [1.29, 1.82) is 0 Å². The first kappa shape index (κ1) is 22.3. The Morgan fingerprint density at radius 1 is 0.700 bits per heavy atom. The highest BCUT2D eigenvalue weighted by atomic mass is 19.3. The van der Waals surface area contributed by atoms with Crippen molar-refractivity contribution < 1.29 is 26.7 Å². The van der Waals surface area contributed by atoms with E-state index >= 15 is 0 Å². The Bertz CT molecular complexity index is 651. The fraction of sp³-hybridized carbons (Fsp3) is 0.833. The molecule has 0 spiro atoms. The molecule has 0 aromatic heterocycles. The summed E-state index contributed by atoms with van der Waals surface area (Å²) >= 11 is 0. The average Bonchev–Trinajstić information content (AvgIpc) is 3.27. The third kappa shape index (κ3) is 4.94. The van der Waals surface area contributed by atoms with E-state index in [1.165, 1.54) is 51.4 Å². The fourth-order valence-corrected chi connectivity index (χ4v) is 6.51. The molecule has 30 heavy (non-hydrogen) atoms. The van der Waals surface area contributed by atoms with Crippen LogP contribution in [-0.4, -0.2) is 12.2 Å². The molecule has 170 valence electrons. The van der Waals surface area contributed by atoms with Crippen LogP contribution in [0.4, 0.5) is 22.0 Å². The van der Waals surface area contributed by atoms with E-state index in [0.29, 0.717) is 30.8 Å². The highest BCUT2D eigenvalue weighted by molar-refractivity contribution is 5.28. The van der Waals surface area contributed by atoms with Gasteiger partial charge in [0.1, 0.15) is 5.83 Å². The normalized spacial score (nSPS) is 36.8. The molecule has 0 radical (unpaired) electrons. The molecule has 0 aromatic carbocycles. The van der Waals surface area contributed by atoms with Crippen molar-refractivity contribution in [3.8, 4) is 0 Å². The van der Waals surface area contributed by atoms with Gasteiger partial charge in [-0.25, -0.2) is 13.2 Å². The van der Waals surface area contributed by atoms with Crippen LogP contribution >= 0.6 is 0 Å². The molecule has 4 aliphatic rings. The summed E-state index contributed by atoms with van der Waals surface area (Å²) in [5, 5.41) is 0. The molecule has 1 nitrogen and oxygen atoms in total. The van der Waals surface area contributed by atoms with Gasteiger partial charge in [0.05, 0.1) is 12.0 Å². The lowest BCUT2D eigenvalue weighted by Gasteiger charge is -2.40. The Kier molecular flexibility index (Phi) is 6.91. The number of hydrogen-bond acceptors (Lipinski definition) is 1. The predicted octanol–water partition coefficient (Wildman–Crippen LogP) is 8.18. The number of allylic oxidation sites excluding steroid dienone is 2. The lowest BCUT2D eigenvalue weighted by Crippen LogP contribution is -2.39. The van der Waals surface area contributed by atoms with E-state index in [9.17, 15) is 22.0 Å². The van der Waals surface area contributed by atoms with E-state index in [0.717, 1.165) is 24.7 Å². The van der Waals surface area contributed by atoms with Crippen LogP contribution in [0, 0.1) is 29.6 Å². The molecule has 0 aliphatic heterocycles. The van der Waals surface area contributed by atoms with Gasteiger partial charge in [-0.1, -0.05) is 25.7 Å². The minimum absolute atomic E-state index is 0.367. The van der Waals surface area contributed by atoms with Crippen molar-refractivity contribution in [2.75, 3.05) is 0 Å². The van der Waals surface area contributed by atoms with Crippen LogP contribution in [0.3, 0.4) is 0 Å². The summed E-state index contributed by atoms with van der Waals surface area (Å²) in [7, 11) is 0. The monoisotopic (exact) mass is 432 g/mol. The number of alkyl halides is 2. The van der Waals surface area contributed by atoms with Crippen molar-refractivity contribution in [2.24, 2.45) is 29.6 Å². The molecule has 0 aromatic rings. The van der Waals surface area contributed by atoms with Crippen LogP contribution < -0.4 is 0 Å². The van der Waals surface area contributed by atoms with E-state index in [4.69, 9.17) is 4.74 Å². The third-order valence-electron chi connectivity index (χ3n) is 8.27. The molecule has 0 heterocycles.